The third-order valence-corrected chi connectivity index (χ3v) is 8.44. The predicted octanol–water partition coefficient (Wildman–Crippen LogP) is 6.44. The summed E-state index contributed by atoms with van der Waals surface area (Å²) in [6.45, 7) is 11.2. The van der Waals surface area contributed by atoms with Crippen LogP contribution in [0, 0.1) is 0 Å². The number of ether oxygens (including phenoxy) is 1. The number of nitrogens with zero attached hydrogens (tertiary/aromatic N) is 5. The fourth-order valence-corrected chi connectivity index (χ4v) is 6.14. The molecule has 238 valence electrons. The number of benzene rings is 3. The van der Waals surface area contributed by atoms with Crippen molar-refractivity contribution >= 4 is 34.6 Å². The summed E-state index contributed by atoms with van der Waals surface area (Å²) in [5.74, 6) is 1.57. The molecule has 0 saturated carbocycles. The van der Waals surface area contributed by atoms with E-state index in [1.165, 1.54) is 18.0 Å². The number of piperazine rings is 1. The first kappa shape index (κ1) is 31.1. The summed E-state index contributed by atoms with van der Waals surface area (Å²) in [4.78, 5) is 32.4. The van der Waals surface area contributed by atoms with Gasteiger partial charge in [0, 0.05) is 44.7 Å². The standard InChI is InChI=1S/C36H41N7O3/c1-4-15-41-16-18-42(19-17-41)32-23-33(45-3)30(22-29(32)40-36(44)5-2)39-34-24-35(38-25-37-34)43-31(14-20-46-43)28-13-9-12-27(21-28)26-10-7-6-8-11-26/h5-13,21-25,31H,2,4,14-20H2,1,3H3,(H,40,44)(H,37,38,39)/t31-/m1/s1. The molecule has 46 heavy (non-hydrogen) atoms. The Morgan fingerprint density at radius 1 is 1.00 bits per heavy atom. The van der Waals surface area contributed by atoms with E-state index in [4.69, 9.17) is 9.57 Å². The zero-order valence-electron chi connectivity index (χ0n) is 26.5. The second-order valence-corrected chi connectivity index (χ2v) is 11.4. The summed E-state index contributed by atoms with van der Waals surface area (Å²) in [6.07, 6.45) is 4.76. The number of rotatable bonds is 11. The Bertz CT molecular complexity index is 1660. The first-order chi connectivity index (χ1) is 22.6. The van der Waals surface area contributed by atoms with Crippen molar-refractivity contribution in [3.63, 3.8) is 0 Å². The number of carbonyl (C=O) groups is 1. The largest absolute Gasteiger partial charge is 0.494 e. The number of anilines is 5. The van der Waals surface area contributed by atoms with Crippen molar-refractivity contribution < 1.29 is 14.4 Å². The molecule has 10 nitrogen and oxygen atoms in total. The number of hydrogen-bond acceptors (Lipinski definition) is 9. The van der Waals surface area contributed by atoms with E-state index >= 15 is 0 Å². The van der Waals surface area contributed by atoms with E-state index in [9.17, 15) is 4.79 Å². The van der Waals surface area contributed by atoms with E-state index in [0.29, 0.717) is 35.4 Å². The fraction of sp³-hybridized carbons (Fsp3) is 0.306. The van der Waals surface area contributed by atoms with Crippen molar-refractivity contribution in [2.75, 3.05) is 67.0 Å². The number of methoxy groups -OCH3 is 1. The van der Waals surface area contributed by atoms with Crippen LogP contribution in [-0.4, -0.2) is 67.2 Å². The Labute approximate surface area is 270 Å². The molecule has 2 fully saturated rings. The van der Waals surface area contributed by atoms with Crippen molar-refractivity contribution in [1.29, 1.82) is 0 Å². The van der Waals surface area contributed by atoms with Gasteiger partial charge in [-0.3, -0.25) is 14.5 Å². The molecule has 10 heteroatoms. The first-order valence-electron chi connectivity index (χ1n) is 15.9. The van der Waals surface area contributed by atoms with Crippen molar-refractivity contribution in [1.82, 2.24) is 14.9 Å². The summed E-state index contributed by atoms with van der Waals surface area (Å²) >= 11 is 0. The molecule has 0 spiro atoms. The van der Waals surface area contributed by atoms with Gasteiger partial charge in [-0.05, 0) is 47.9 Å². The van der Waals surface area contributed by atoms with Gasteiger partial charge in [0.05, 0.1) is 36.8 Å². The molecule has 1 atom stereocenters. The van der Waals surface area contributed by atoms with Gasteiger partial charge >= 0.3 is 0 Å². The molecule has 4 aromatic rings. The van der Waals surface area contributed by atoms with Gasteiger partial charge in [-0.2, -0.15) is 0 Å². The molecule has 3 aromatic carbocycles. The lowest BCUT2D eigenvalue weighted by atomic mass is 9.98. The molecule has 2 saturated heterocycles. The van der Waals surface area contributed by atoms with Crippen LogP contribution in [0.3, 0.4) is 0 Å². The lowest BCUT2D eigenvalue weighted by molar-refractivity contribution is -0.111. The van der Waals surface area contributed by atoms with Crippen molar-refractivity contribution in [2.45, 2.75) is 25.8 Å². The molecule has 0 radical (unpaired) electrons. The molecule has 1 aromatic heterocycles. The number of nitrogens with one attached hydrogen (secondary N) is 2. The van der Waals surface area contributed by atoms with Crippen molar-refractivity contribution in [3.8, 4) is 16.9 Å². The molecule has 1 amide bonds. The fourth-order valence-electron chi connectivity index (χ4n) is 6.14. The highest BCUT2D eigenvalue weighted by Gasteiger charge is 2.30. The Morgan fingerprint density at radius 2 is 1.80 bits per heavy atom. The Kier molecular flexibility index (Phi) is 9.76. The van der Waals surface area contributed by atoms with E-state index in [1.807, 2.05) is 29.3 Å². The molecule has 2 aliphatic heterocycles. The molecule has 0 unspecified atom stereocenters. The molecular weight excluding hydrogens is 578 g/mol. The van der Waals surface area contributed by atoms with E-state index in [2.05, 4.69) is 92.4 Å². The van der Waals surface area contributed by atoms with Crippen LogP contribution in [0.25, 0.3) is 11.1 Å². The number of amides is 1. The average Bonchev–Trinajstić information content (AvgIpc) is 3.60. The van der Waals surface area contributed by atoms with Crippen LogP contribution < -0.4 is 25.3 Å². The topological polar surface area (TPSA) is 95.1 Å². The average molecular weight is 620 g/mol. The molecule has 0 aliphatic carbocycles. The second-order valence-electron chi connectivity index (χ2n) is 11.4. The van der Waals surface area contributed by atoms with E-state index < -0.39 is 0 Å². The van der Waals surface area contributed by atoms with E-state index in [0.717, 1.165) is 62.4 Å². The number of hydrogen-bond donors (Lipinski definition) is 2. The van der Waals surface area contributed by atoms with Gasteiger partial charge in [0.25, 0.3) is 0 Å². The SMILES string of the molecule is C=CC(=O)Nc1cc(Nc2cc(N3OCC[C@@H]3c3cccc(-c4ccccc4)c3)ncn2)c(OC)cc1N1CCN(CCC)CC1. The summed E-state index contributed by atoms with van der Waals surface area (Å²) < 4.78 is 5.84. The van der Waals surface area contributed by atoms with Gasteiger partial charge in [-0.25, -0.2) is 15.0 Å². The van der Waals surface area contributed by atoms with Crippen molar-refractivity contribution in [3.05, 3.63) is 97.3 Å². The lowest BCUT2D eigenvalue weighted by Gasteiger charge is -2.37. The third kappa shape index (κ3) is 6.98. The zero-order chi connectivity index (χ0) is 31.9. The summed E-state index contributed by atoms with van der Waals surface area (Å²) in [6, 6.07) is 24.7. The normalized spacial score (nSPS) is 16.7. The molecule has 6 rings (SSSR count). The van der Waals surface area contributed by atoms with Crippen LogP contribution >= 0.6 is 0 Å². The summed E-state index contributed by atoms with van der Waals surface area (Å²) in [7, 11) is 1.64. The van der Waals surface area contributed by atoms with Gasteiger partial charge in [-0.1, -0.05) is 62.0 Å². The Balaban J connectivity index is 1.25. The van der Waals surface area contributed by atoms with E-state index in [-0.39, 0.29) is 11.9 Å². The van der Waals surface area contributed by atoms with Crippen LogP contribution in [-0.2, 0) is 9.63 Å². The number of carbonyl (C=O) groups excluding carboxylic acids is 1. The molecule has 0 bridgehead atoms. The molecular formula is C36H41N7O3. The van der Waals surface area contributed by atoms with Gasteiger partial charge in [0.15, 0.2) is 5.82 Å². The quantitative estimate of drug-likeness (QED) is 0.184. The monoisotopic (exact) mass is 619 g/mol. The maximum absolute atomic E-state index is 12.5. The molecule has 2 aliphatic rings. The Hall–Kier alpha value is -4.93. The highest BCUT2D eigenvalue weighted by atomic mass is 16.7. The number of hydroxylamine groups is 1. The minimum atomic E-state index is -0.278. The maximum atomic E-state index is 12.5. The summed E-state index contributed by atoms with van der Waals surface area (Å²) in [5, 5.41) is 8.26. The number of aromatic nitrogens is 2. The second kappa shape index (κ2) is 14.4. The van der Waals surface area contributed by atoms with Crippen LogP contribution in [0.2, 0.25) is 0 Å². The zero-order valence-corrected chi connectivity index (χ0v) is 26.5. The van der Waals surface area contributed by atoms with Crippen LogP contribution in [0.5, 0.6) is 5.75 Å². The predicted molar refractivity (Wildman–Crippen MR) is 184 cm³/mol. The van der Waals surface area contributed by atoms with Gasteiger partial charge in [0.2, 0.25) is 5.91 Å². The van der Waals surface area contributed by atoms with Crippen LogP contribution in [0.4, 0.5) is 28.7 Å². The molecule has 2 N–H and O–H groups in total. The highest BCUT2D eigenvalue weighted by Crippen LogP contribution is 2.40. The lowest BCUT2D eigenvalue weighted by Crippen LogP contribution is -2.46. The molecule has 3 heterocycles. The van der Waals surface area contributed by atoms with Gasteiger partial charge < -0.3 is 20.3 Å². The smallest absolute Gasteiger partial charge is 0.247 e. The van der Waals surface area contributed by atoms with Gasteiger partial charge in [0.1, 0.15) is 17.9 Å². The Morgan fingerprint density at radius 3 is 2.57 bits per heavy atom. The third-order valence-electron chi connectivity index (χ3n) is 8.44. The van der Waals surface area contributed by atoms with E-state index in [1.54, 1.807) is 7.11 Å². The highest BCUT2D eigenvalue weighted by molar-refractivity contribution is 6.02. The maximum Gasteiger partial charge on any atom is 0.247 e. The van der Waals surface area contributed by atoms with Gasteiger partial charge in [-0.15, -0.1) is 0 Å². The first-order valence-corrected chi connectivity index (χ1v) is 15.9. The van der Waals surface area contributed by atoms with Crippen molar-refractivity contribution in [2.24, 2.45) is 0 Å². The minimum Gasteiger partial charge on any atom is -0.494 e. The minimum absolute atomic E-state index is 0.00116. The van der Waals surface area contributed by atoms with Crippen LogP contribution in [0.15, 0.2) is 91.8 Å². The summed E-state index contributed by atoms with van der Waals surface area (Å²) in [5.41, 5.74) is 5.73. The van der Waals surface area contributed by atoms with Crippen LogP contribution in [0.1, 0.15) is 31.4 Å².